The average molecular weight is 556 g/mol. The summed E-state index contributed by atoms with van der Waals surface area (Å²) in [4.78, 5) is 30.1. The summed E-state index contributed by atoms with van der Waals surface area (Å²) in [5.41, 5.74) is 1.70. The van der Waals surface area contributed by atoms with Gasteiger partial charge in [-0.3, -0.25) is 9.59 Å². The molecule has 2 aromatic heterocycles. The highest BCUT2D eigenvalue weighted by Crippen LogP contribution is 2.28. The van der Waals surface area contributed by atoms with Gasteiger partial charge in [-0.25, -0.2) is 9.67 Å². The Balaban J connectivity index is 2.02. The second kappa shape index (κ2) is 9.28. The molecule has 0 aliphatic carbocycles. The summed E-state index contributed by atoms with van der Waals surface area (Å²) in [6.45, 7) is 5.55. The highest BCUT2D eigenvalue weighted by Gasteiger charge is 2.22. The smallest absolute Gasteiger partial charge is 0.274 e. The number of aromatic nitrogens is 3. The Hall–Kier alpha value is -2.23. The number of halogens is 3. The summed E-state index contributed by atoms with van der Waals surface area (Å²) in [6.07, 6.45) is 1.56. The van der Waals surface area contributed by atoms with E-state index in [0.29, 0.717) is 26.7 Å². The lowest BCUT2D eigenvalue weighted by atomic mass is 10.1. The quantitative estimate of drug-likeness (QED) is 0.456. The third kappa shape index (κ3) is 4.91. The molecule has 0 aliphatic heterocycles. The number of aryl methyl sites for hydroxylation is 1. The Morgan fingerprint density at radius 1 is 1.17 bits per heavy atom. The first-order valence-electron chi connectivity index (χ1n) is 8.96. The molecule has 0 aliphatic rings. The maximum atomic E-state index is 13.2. The number of amides is 2. The zero-order valence-corrected chi connectivity index (χ0v) is 20.3. The molecule has 7 nitrogen and oxygen atoms in total. The molecule has 0 atom stereocenters. The van der Waals surface area contributed by atoms with Gasteiger partial charge in [-0.05, 0) is 66.5 Å². The van der Waals surface area contributed by atoms with Crippen LogP contribution >= 0.6 is 43.5 Å². The Bertz CT molecular complexity index is 1130. The number of carbonyl (C=O) groups excluding carboxylic acids is 2. The fraction of sp³-hybridized carbons (Fsp3) is 0.200. The van der Waals surface area contributed by atoms with Gasteiger partial charge in [-0.1, -0.05) is 27.5 Å². The number of benzene rings is 1. The number of pyridine rings is 1. The number of hydrogen-bond donors (Lipinski definition) is 2. The maximum Gasteiger partial charge on any atom is 0.274 e. The molecule has 0 spiro atoms. The molecule has 0 unspecified atom stereocenters. The van der Waals surface area contributed by atoms with Crippen LogP contribution in [0.3, 0.4) is 0 Å². The Labute approximate surface area is 195 Å². The molecule has 3 rings (SSSR count). The first kappa shape index (κ1) is 22.5. The highest BCUT2D eigenvalue weighted by molar-refractivity contribution is 9.10. The molecule has 0 fully saturated rings. The predicted octanol–water partition coefficient (Wildman–Crippen LogP) is 5.14. The minimum absolute atomic E-state index is 0.0518. The van der Waals surface area contributed by atoms with Crippen molar-refractivity contribution in [3.63, 3.8) is 0 Å². The minimum Gasteiger partial charge on any atom is -0.350 e. The van der Waals surface area contributed by atoms with Crippen LogP contribution in [0.1, 0.15) is 40.3 Å². The van der Waals surface area contributed by atoms with Gasteiger partial charge in [0.1, 0.15) is 10.3 Å². The Kier molecular flexibility index (Phi) is 6.95. The van der Waals surface area contributed by atoms with E-state index in [0.717, 1.165) is 10.0 Å². The molecule has 0 bridgehead atoms. The molecule has 0 saturated heterocycles. The van der Waals surface area contributed by atoms with E-state index in [1.54, 1.807) is 30.5 Å². The fourth-order valence-electron chi connectivity index (χ4n) is 2.81. The predicted molar refractivity (Wildman–Crippen MR) is 124 cm³/mol. The first-order chi connectivity index (χ1) is 14.2. The Morgan fingerprint density at radius 3 is 2.57 bits per heavy atom. The number of nitrogens with zero attached hydrogens (tertiary/aromatic N) is 3. The summed E-state index contributed by atoms with van der Waals surface area (Å²) in [7, 11) is 0. The highest BCUT2D eigenvalue weighted by atomic mass is 79.9. The third-order valence-electron chi connectivity index (χ3n) is 4.06. The Morgan fingerprint density at radius 2 is 1.90 bits per heavy atom. The van der Waals surface area contributed by atoms with Crippen LogP contribution in [0.2, 0.25) is 5.02 Å². The number of nitrogens with one attached hydrogen (secondary N) is 2. The molecule has 10 heteroatoms. The molecule has 0 radical (unpaired) electrons. The lowest BCUT2D eigenvalue weighted by Gasteiger charge is -2.16. The summed E-state index contributed by atoms with van der Waals surface area (Å²) in [5, 5.41) is 10.3. The van der Waals surface area contributed by atoms with E-state index in [2.05, 4.69) is 52.6 Å². The number of rotatable bonds is 5. The van der Waals surface area contributed by atoms with Crippen LogP contribution in [0.25, 0.3) is 5.82 Å². The summed E-state index contributed by atoms with van der Waals surface area (Å²) >= 11 is 12.9. The van der Waals surface area contributed by atoms with Crippen LogP contribution < -0.4 is 10.6 Å². The van der Waals surface area contributed by atoms with Gasteiger partial charge >= 0.3 is 0 Å². The van der Waals surface area contributed by atoms with Crippen molar-refractivity contribution >= 4 is 61.0 Å². The van der Waals surface area contributed by atoms with E-state index >= 15 is 0 Å². The molecule has 0 saturated carbocycles. The van der Waals surface area contributed by atoms with Gasteiger partial charge in [0.15, 0.2) is 5.82 Å². The molecular weight excluding hydrogens is 538 g/mol. The van der Waals surface area contributed by atoms with Gasteiger partial charge in [-0.15, -0.1) is 0 Å². The van der Waals surface area contributed by atoms with Crippen LogP contribution in [-0.2, 0) is 0 Å². The van der Waals surface area contributed by atoms with Crippen molar-refractivity contribution in [2.45, 2.75) is 26.8 Å². The molecule has 30 heavy (non-hydrogen) atoms. The number of anilines is 1. The topological polar surface area (TPSA) is 88.9 Å². The van der Waals surface area contributed by atoms with Crippen LogP contribution in [0, 0.1) is 6.92 Å². The molecule has 2 amide bonds. The molecule has 156 valence electrons. The molecule has 1 aromatic carbocycles. The van der Waals surface area contributed by atoms with Crippen LogP contribution in [0.15, 0.2) is 45.6 Å². The summed E-state index contributed by atoms with van der Waals surface area (Å²) in [6, 6.07) is 8.35. The lowest BCUT2D eigenvalue weighted by Crippen LogP contribution is -2.31. The largest absolute Gasteiger partial charge is 0.350 e. The van der Waals surface area contributed by atoms with E-state index in [1.165, 1.54) is 4.68 Å². The summed E-state index contributed by atoms with van der Waals surface area (Å²) < 4.78 is 2.53. The van der Waals surface area contributed by atoms with E-state index in [4.69, 9.17) is 11.6 Å². The first-order valence-corrected chi connectivity index (χ1v) is 10.9. The van der Waals surface area contributed by atoms with Crippen LogP contribution in [0.5, 0.6) is 0 Å². The molecule has 2 N–H and O–H groups in total. The van der Waals surface area contributed by atoms with Gasteiger partial charge in [-0.2, -0.15) is 5.10 Å². The van der Waals surface area contributed by atoms with E-state index < -0.39 is 5.91 Å². The lowest BCUT2D eigenvalue weighted by molar-refractivity contribution is 0.0944. The van der Waals surface area contributed by atoms with Crippen molar-refractivity contribution in [2.24, 2.45) is 0 Å². The van der Waals surface area contributed by atoms with Crippen LogP contribution in [0.4, 0.5) is 5.69 Å². The van der Waals surface area contributed by atoms with Crippen molar-refractivity contribution in [1.29, 1.82) is 0 Å². The van der Waals surface area contributed by atoms with Crippen molar-refractivity contribution in [1.82, 2.24) is 20.1 Å². The molecule has 2 heterocycles. The second-order valence-corrected chi connectivity index (χ2v) is 8.94. The zero-order valence-electron chi connectivity index (χ0n) is 16.3. The monoisotopic (exact) mass is 553 g/mol. The van der Waals surface area contributed by atoms with Crippen LogP contribution in [-0.4, -0.2) is 32.6 Å². The maximum absolute atomic E-state index is 13.2. The van der Waals surface area contributed by atoms with Gasteiger partial charge < -0.3 is 10.6 Å². The number of hydrogen-bond acceptors (Lipinski definition) is 4. The van der Waals surface area contributed by atoms with Gasteiger partial charge in [0, 0.05) is 22.8 Å². The van der Waals surface area contributed by atoms with E-state index in [1.807, 2.05) is 26.8 Å². The van der Waals surface area contributed by atoms with Gasteiger partial charge in [0.2, 0.25) is 0 Å². The zero-order chi connectivity index (χ0) is 22.0. The fourth-order valence-corrected chi connectivity index (χ4v) is 3.96. The average Bonchev–Trinajstić information content (AvgIpc) is 3.05. The molecule has 3 aromatic rings. The van der Waals surface area contributed by atoms with Gasteiger partial charge in [0.25, 0.3) is 11.8 Å². The number of carbonyl (C=O) groups is 2. The standard InChI is InChI=1S/C20H18Br2ClN5O2/c1-10(2)25-19(29)13-8-12(21)7-11(3)17(13)26-20(30)15-9-16(22)27-28(15)18-14(23)5-4-6-24-18/h4-10H,1-3H3,(H,25,29)(H,26,30). The van der Waals surface area contributed by atoms with Crippen molar-refractivity contribution < 1.29 is 9.59 Å². The summed E-state index contributed by atoms with van der Waals surface area (Å²) in [5.74, 6) is -0.425. The van der Waals surface area contributed by atoms with Crippen molar-refractivity contribution in [2.75, 3.05) is 5.32 Å². The van der Waals surface area contributed by atoms with E-state index in [-0.39, 0.29) is 17.6 Å². The second-order valence-electron chi connectivity index (χ2n) is 6.80. The normalized spacial score (nSPS) is 10.9. The van der Waals surface area contributed by atoms with Crippen molar-refractivity contribution in [3.05, 3.63) is 67.4 Å². The van der Waals surface area contributed by atoms with Gasteiger partial charge in [0.05, 0.1) is 16.3 Å². The third-order valence-corrected chi connectivity index (χ3v) is 5.20. The SMILES string of the molecule is Cc1cc(Br)cc(C(=O)NC(C)C)c1NC(=O)c1cc(Br)nn1-c1ncccc1Cl. The van der Waals surface area contributed by atoms with Crippen molar-refractivity contribution in [3.8, 4) is 5.82 Å². The minimum atomic E-state index is -0.459. The molecular formula is C20H18Br2ClN5O2. The van der Waals surface area contributed by atoms with E-state index in [9.17, 15) is 9.59 Å².